The second-order valence-electron chi connectivity index (χ2n) is 6.84. The molecule has 8 heteroatoms. The highest BCUT2D eigenvalue weighted by Crippen LogP contribution is 2.21. The number of methoxy groups -OCH3 is 1. The highest BCUT2D eigenvalue weighted by molar-refractivity contribution is 7.92. The second-order valence-corrected chi connectivity index (χ2v) is 8.49. The van der Waals surface area contributed by atoms with Crippen molar-refractivity contribution < 1.29 is 17.9 Å². The SMILES string of the molecule is COc1cc(CNC(=O)c2ccc(NS(=O)(=O)c3cc(C)ccc3C)cc2)ccn1. The fourth-order valence-electron chi connectivity index (χ4n) is 2.85. The number of nitrogens with zero attached hydrogens (tertiary/aromatic N) is 1. The van der Waals surface area contributed by atoms with E-state index < -0.39 is 10.0 Å². The van der Waals surface area contributed by atoms with Gasteiger partial charge in [-0.3, -0.25) is 9.52 Å². The molecule has 0 fully saturated rings. The molecule has 0 atom stereocenters. The van der Waals surface area contributed by atoms with Gasteiger partial charge in [0.15, 0.2) is 0 Å². The first-order chi connectivity index (χ1) is 14.3. The van der Waals surface area contributed by atoms with Crippen LogP contribution in [0.3, 0.4) is 0 Å². The number of rotatable bonds is 7. The van der Waals surface area contributed by atoms with E-state index >= 15 is 0 Å². The molecule has 0 radical (unpaired) electrons. The lowest BCUT2D eigenvalue weighted by molar-refractivity contribution is 0.0951. The average Bonchev–Trinajstić information content (AvgIpc) is 2.74. The number of aryl methyl sites for hydroxylation is 2. The third kappa shape index (κ3) is 5.15. The molecule has 0 bridgehead atoms. The monoisotopic (exact) mass is 425 g/mol. The Morgan fingerprint density at radius 1 is 1.03 bits per heavy atom. The third-order valence-corrected chi connectivity index (χ3v) is 6.02. The van der Waals surface area contributed by atoms with E-state index in [2.05, 4.69) is 15.0 Å². The summed E-state index contributed by atoms with van der Waals surface area (Å²) in [6, 6.07) is 15.1. The topological polar surface area (TPSA) is 97.4 Å². The summed E-state index contributed by atoms with van der Waals surface area (Å²) in [5.41, 5.74) is 3.18. The fourth-order valence-corrected chi connectivity index (χ4v) is 4.24. The minimum atomic E-state index is -3.72. The van der Waals surface area contributed by atoms with Gasteiger partial charge in [0, 0.05) is 30.1 Å². The van der Waals surface area contributed by atoms with Gasteiger partial charge in [0.25, 0.3) is 15.9 Å². The Bertz CT molecular complexity index is 1160. The number of hydrogen-bond donors (Lipinski definition) is 2. The van der Waals surface area contributed by atoms with Crippen LogP contribution < -0.4 is 14.8 Å². The molecule has 0 aliphatic heterocycles. The number of carbonyl (C=O) groups excluding carboxylic acids is 1. The Morgan fingerprint density at radius 3 is 2.47 bits per heavy atom. The minimum Gasteiger partial charge on any atom is -0.481 e. The largest absolute Gasteiger partial charge is 0.481 e. The average molecular weight is 426 g/mol. The van der Waals surface area contributed by atoms with E-state index in [1.807, 2.05) is 13.0 Å². The van der Waals surface area contributed by atoms with Gasteiger partial charge in [-0.2, -0.15) is 0 Å². The number of benzene rings is 2. The molecule has 1 aromatic heterocycles. The van der Waals surface area contributed by atoms with Crippen molar-refractivity contribution in [2.75, 3.05) is 11.8 Å². The first-order valence-corrected chi connectivity index (χ1v) is 10.7. The van der Waals surface area contributed by atoms with Gasteiger partial charge in [-0.1, -0.05) is 12.1 Å². The number of anilines is 1. The quantitative estimate of drug-likeness (QED) is 0.604. The lowest BCUT2D eigenvalue weighted by atomic mass is 10.2. The van der Waals surface area contributed by atoms with Gasteiger partial charge in [0.2, 0.25) is 5.88 Å². The van der Waals surface area contributed by atoms with Crippen molar-refractivity contribution in [2.24, 2.45) is 0 Å². The van der Waals surface area contributed by atoms with E-state index in [9.17, 15) is 13.2 Å². The summed E-state index contributed by atoms with van der Waals surface area (Å²) in [6.07, 6.45) is 1.61. The van der Waals surface area contributed by atoms with Crippen LogP contribution in [0.4, 0.5) is 5.69 Å². The van der Waals surface area contributed by atoms with Crippen molar-refractivity contribution in [3.63, 3.8) is 0 Å². The zero-order valence-electron chi connectivity index (χ0n) is 17.0. The van der Waals surface area contributed by atoms with Crippen molar-refractivity contribution in [2.45, 2.75) is 25.3 Å². The molecule has 3 aromatic rings. The Morgan fingerprint density at radius 2 is 1.77 bits per heavy atom. The molecule has 1 heterocycles. The van der Waals surface area contributed by atoms with Crippen LogP contribution in [0.5, 0.6) is 5.88 Å². The van der Waals surface area contributed by atoms with Crippen LogP contribution in [0.25, 0.3) is 0 Å². The highest BCUT2D eigenvalue weighted by atomic mass is 32.2. The fraction of sp³-hybridized carbons (Fsp3) is 0.182. The van der Waals surface area contributed by atoms with Crippen LogP contribution in [0.1, 0.15) is 27.0 Å². The van der Waals surface area contributed by atoms with E-state index in [4.69, 9.17) is 4.74 Å². The molecule has 7 nitrogen and oxygen atoms in total. The molecule has 156 valence electrons. The van der Waals surface area contributed by atoms with Crippen molar-refractivity contribution in [3.8, 4) is 5.88 Å². The summed E-state index contributed by atoms with van der Waals surface area (Å²) in [4.78, 5) is 16.6. The second kappa shape index (κ2) is 8.96. The number of aromatic nitrogens is 1. The van der Waals surface area contributed by atoms with E-state index in [0.29, 0.717) is 29.2 Å². The Balaban J connectivity index is 1.66. The van der Waals surface area contributed by atoms with E-state index in [1.165, 1.54) is 7.11 Å². The lowest BCUT2D eigenvalue weighted by Crippen LogP contribution is -2.22. The van der Waals surface area contributed by atoms with E-state index in [0.717, 1.165) is 11.1 Å². The molecule has 1 amide bonds. The number of carbonyl (C=O) groups is 1. The molecule has 0 aliphatic carbocycles. The van der Waals surface area contributed by atoms with Gasteiger partial charge >= 0.3 is 0 Å². The van der Waals surface area contributed by atoms with E-state index in [1.54, 1.807) is 61.7 Å². The molecule has 0 aliphatic rings. The molecule has 0 saturated heterocycles. The van der Waals surface area contributed by atoms with Crippen LogP contribution in [-0.2, 0) is 16.6 Å². The molecule has 2 aromatic carbocycles. The van der Waals surface area contributed by atoms with Gasteiger partial charge in [0.05, 0.1) is 12.0 Å². The number of nitrogens with one attached hydrogen (secondary N) is 2. The zero-order chi connectivity index (χ0) is 21.7. The minimum absolute atomic E-state index is 0.233. The lowest BCUT2D eigenvalue weighted by Gasteiger charge is -2.12. The summed E-state index contributed by atoms with van der Waals surface area (Å²) in [6.45, 7) is 3.91. The number of pyridine rings is 1. The predicted octanol–water partition coefficient (Wildman–Crippen LogP) is 3.44. The zero-order valence-corrected chi connectivity index (χ0v) is 17.8. The van der Waals surface area contributed by atoms with Crippen LogP contribution in [0.2, 0.25) is 0 Å². The third-order valence-electron chi connectivity index (χ3n) is 4.49. The van der Waals surface area contributed by atoms with Crippen LogP contribution in [0, 0.1) is 13.8 Å². The molecule has 0 unspecified atom stereocenters. The van der Waals surface area contributed by atoms with Gasteiger partial charge < -0.3 is 10.1 Å². The first kappa shape index (κ1) is 21.3. The molecular weight excluding hydrogens is 402 g/mol. The van der Waals surface area contributed by atoms with Gasteiger partial charge in [-0.15, -0.1) is 0 Å². The highest BCUT2D eigenvalue weighted by Gasteiger charge is 2.17. The molecule has 3 rings (SSSR count). The number of ether oxygens (including phenoxy) is 1. The summed E-state index contributed by atoms with van der Waals surface area (Å²) >= 11 is 0. The first-order valence-electron chi connectivity index (χ1n) is 9.26. The summed E-state index contributed by atoms with van der Waals surface area (Å²) in [5, 5.41) is 2.81. The van der Waals surface area contributed by atoms with Crippen molar-refractivity contribution >= 4 is 21.6 Å². The van der Waals surface area contributed by atoms with Crippen molar-refractivity contribution in [3.05, 3.63) is 83.0 Å². The van der Waals surface area contributed by atoms with Crippen molar-refractivity contribution in [1.82, 2.24) is 10.3 Å². The van der Waals surface area contributed by atoms with Crippen LogP contribution >= 0.6 is 0 Å². The maximum Gasteiger partial charge on any atom is 0.262 e. The smallest absolute Gasteiger partial charge is 0.262 e. The van der Waals surface area contributed by atoms with Gasteiger partial charge in [-0.25, -0.2) is 13.4 Å². The standard InChI is InChI=1S/C22H23N3O4S/c1-15-4-5-16(2)20(12-15)30(27,28)25-19-8-6-18(7-9-19)22(26)24-14-17-10-11-23-21(13-17)29-3/h4-13,25H,14H2,1-3H3,(H,24,26). The maximum atomic E-state index is 12.7. The summed E-state index contributed by atoms with van der Waals surface area (Å²) < 4.78 is 33.0. The number of hydrogen-bond acceptors (Lipinski definition) is 5. The van der Waals surface area contributed by atoms with E-state index in [-0.39, 0.29) is 10.8 Å². The van der Waals surface area contributed by atoms with Crippen LogP contribution in [0.15, 0.2) is 65.7 Å². The maximum absolute atomic E-state index is 12.7. The summed E-state index contributed by atoms with van der Waals surface area (Å²) in [5.74, 6) is 0.206. The van der Waals surface area contributed by atoms with Crippen molar-refractivity contribution in [1.29, 1.82) is 0 Å². The Kier molecular flexibility index (Phi) is 6.37. The van der Waals surface area contributed by atoms with Gasteiger partial charge in [-0.05, 0) is 66.9 Å². The number of sulfonamides is 1. The van der Waals surface area contributed by atoms with Gasteiger partial charge in [0.1, 0.15) is 0 Å². The van der Waals surface area contributed by atoms with Crippen LogP contribution in [-0.4, -0.2) is 26.4 Å². The molecule has 2 N–H and O–H groups in total. The Hall–Kier alpha value is -3.39. The molecule has 30 heavy (non-hydrogen) atoms. The molecule has 0 spiro atoms. The molecule has 0 saturated carbocycles. The summed E-state index contributed by atoms with van der Waals surface area (Å²) in [7, 11) is -2.19. The predicted molar refractivity (Wildman–Crippen MR) is 115 cm³/mol. The number of amides is 1. The normalized spacial score (nSPS) is 11.0. The Labute approximate surface area is 176 Å². The molecular formula is C22H23N3O4S.